The van der Waals surface area contributed by atoms with Crippen LogP contribution in [0.5, 0.6) is 0 Å². The zero-order chi connectivity index (χ0) is 17.3. The molecule has 2 amide bonds. The third-order valence-electron chi connectivity index (χ3n) is 3.72. The van der Waals surface area contributed by atoms with Gasteiger partial charge in [0, 0.05) is 13.1 Å². The number of carbonyl (C=O) groups excluding carboxylic acids is 2. The summed E-state index contributed by atoms with van der Waals surface area (Å²) in [5.41, 5.74) is 0.103. The summed E-state index contributed by atoms with van der Waals surface area (Å²) in [6.45, 7) is 6.93. The van der Waals surface area contributed by atoms with Gasteiger partial charge in [-0.3, -0.25) is 9.59 Å². The first-order valence-corrected chi connectivity index (χ1v) is 8.63. The maximum absolute atomic E-state index is 12.9. The van der Waals surface area contributed by atoms with Crippen molar-refractivity contribution < 1.29 is 18.7 Å². The molecule has 1 fully saturated rings. The minimum absolute atomic E-state index is 0.0301. The highest BCUT2D eigenvalue weighted by molar-refractivity contribution is 7.14. The molecule has 3 heterocycles. The zero-order valence-corrected chi connectivity index (χ0v) is 14.7. The van der Waals surface area contributed by atoms with Gasteiger partial charge in [0.2, 0.25) is 0 Å². The fraction of sp³-hybridized carbons (Fsp3) is 0.412. The molecule has 1 aliphatic rings. The molecule has 128 valence electrons. The van der Waals surface area contributed by atoms with Crippen LogP contribution < -0.4 is 5.32 Å². The summed E-state index contributed by atoms with van der Waals surface area (Å²) in [7, 11) is 0. The van der Waals surface area contributed by atoms with Crippen molar-refractivity contribution in [3.63, 3.8) is 0 Å². The number of carbonyl (C=O) groups is 2. The number of amides is 2. The Morgan fingerprint density at radius 2 is 2.17 bits per heavy atom. The Bertz CT molecular complexity index is 736. The Morgan fingerprint density at radius 3 is 2.83 bits per heavy atom. The molecular weight excluding hydrogens is 328 g/mol. The van der Waals surface area contributed by atoms with Crippen molar-refractivity contribution in [2.45, 2.75) is 32.5 Å². The Hall–Kier alpha value is -2.12. The summed E-state index contributed by atoms with van der Waals surface area (Å²) in [4.78, 5) is 26.8. The molecular formula is C17H20N2O4S. The number of thiophene rings is 1. The van der Waals surface area contributed by atoms with E-state index < -0.39 is 0 Å². The molecule has 0 spiro atoms. The van der Waals surface area contributed by atoms with Crippen LogP contribution in [0.1, 0.15) is 41.7 Å². The van der Waals surface area contributed by atoms with E-state index in [0.717, 1.165) is 0 Å². The third kappa shape index (κ3) is 3.52. The van der Waals surface area contributed by atoms with Gasteiger partial charge in [0.25, 0.3) is 11.8 Å². The average molecular weight is 348 g/mol. The third-order valence-corrected chi connectivity index (χ3v) is 4.55. The van der Waals surface area contributed by atoms with Crippen molar-refractivity contribution in [1.82, 2.24) is 4.90 Å². The summed E-state index contributed by atoms with van der Waals surface area (Å²) < 4.78 is 10.9. The van der Waals surface area contributed by atoms with Crippen molar-refractivity contribution in [3.05, 3.63) is 41.2 Å². The summed E-state index contributed by atoms with van der Waals surface area (Å²) in [5, 5.41) is 5.07. The second-order valence-electron chi connectivity index (χ2n) is 6.47. The number of nitrogens with one attached hydrogen (secondary N) is 1. The summed E-state index contributed by atoms with van der Waals surface area (Å²) in [5.74, 6) is -0.260. The summed E-state index contributed by atoms with van der Waals surface area (Å²) >= 11 is 1.32. The molecule has 0 aromatic carbocycles. The highest BCUT2D eigenvalue weighted by Crippen LogP contribution is 2.28. The van der Waals surface area contributed by atoms with Crippen molar-refractivity contribution in [3.8, 4) is 0 Å². The van der Waals surface area contributed by atoms with Crippen LogP contribution >= 0.6 is 11.3 Å². The number of furan rings is 1. The lowest BCUT2D eigenvalue weighted by atomic mass is 10.0. The number of morpholine rings is 1. The molecule has 1 aliphatic heterocycles. The highest BCUT2D eigenvalue weighted by Gasteiger charge is 2.35. The van der Waals surface area contributed by atoms with Crippen LogP contribution in [0.15, 0.2) is 34.3 Å². The van der Waals surface area contributed by atoms with Crippen LogP contribution in [-0.4, -0.2) is 41.5 Å². The Morgan fingerprint density at radius 1 is 1.38 bits per heavy atom. The van der Waals surface area contributed by atoms with Crippen molar-refractivity contribution in [1.29, 1.82) is 0 Å². The molecule has 2 aromatic rings. The molecule has 1 saturated heterocycles. The molecule has 6 nitrogen and oxygen atoms in total. The maximum Gasteiger partial charge on any atom is 0.291 e. The molecule has 0 aliphatic carbocycles. The molecule has 1 atom stereocenters. The fourth-order valence-corrected chi connectivity index (χ4v) is 3.70. The largest absolute Gasteiger partial charge is 0.459 e. The van der Waals surface area contributed by atoms with Crippen molar-refractivity contribution in [2.75, 3.05) is 18.4 Å². The van der Waals surface area contributed by atoms with Crippen LogP contribution in [0.2, 0.25) is 0 Å². The van der Waals surface area contributed by atoms with Crippen LogP contribution in [0, 0.1) is 0 Å². The number of hydrogen-bond acceptors (Lipinski definition) is 5. The van der Waals surface area contributed by atoms with E-state index in [1.54, 1.807) is 28.5 Å². The van der Waals surface area contributed by atoms with Crippen LogP contribution in [0.4, 0.5) is 5.00 Å². The van der Waals surface area contributed by atoms with E-state index in [1.807, 2.05) is 20.8 Å². The van der Waals surface area contributed by atoms with E-state index in [4.69, 9.17) is 9.15 Å². The van der Waals surface area contributed by atoms with Gasteiger partial charge in [0.1, 0.15) is 5.00 Å². The Labute approximate surface area is 144 Å². The number of ether oxygens (including phenoxy) is 1. The standard InChI is InChI=1S/C17H20N2O4S/c1-11-9-19(10-17(2,3)23-11)16(21)12-6-8-24-15(12)18-14(20)13-5-4-7-22-13/h4-8,11H,9-10H2,1-3H3,(H,18,20)/t11-/m1/s1. The van der Waals surface area contributed by atoms with Crippen molar-refractivity contribution >= 4 is 28.2 Å². The molecule has 2 aromatic heterocycles. The predicted molar refractivity (Wildman–Crippen MR) is 91.5 cm³/mol. The quantitative estimate of drug-likeness (QED) is 0.924. The Kier molecular flexibility index (Phi) is 4.47. The van der Waals surface area contributed by atoms with Gasteiger partial charge >= 0.3 is 0 Å². The van der Waals surface area contributed by atoms with E-state index in [2.05, 4.69) is 5.32 Å². The second-order valence-corrected chi connectivity index (χ2v) is 7.38. The molecule has 0 unspecified atom stereocenters. The van der Waals surface area contributed by atoms with Crippen molar-refractivity contribution in [2.24, 2.45) is 0 Å². The molecule has 3 rings (SSSR count). The molecule has 0 bridgehead atoms. The van der Waals surface area contributed by atoms with Gasteiger partial charge in [-0.15, -0.1) is 11.3 Å². The van der Waals surface area contributed by atoms with E-state index in [9.17, 15) is 9.59 Å². The number of nitrogens with zero attached hydrogens (tertiary/aromatic N) is 1. The topological polar surface area (TPSA) is 71.8 Å². The molecule has 0 saturated carbocycles. The lowest BCUT2D eigenvalue weighted by Gasteiger charge is -2.41. The van der Waals surface area contributed by atoms with Gasteiger partial charge in [-0.2, -0.15) is 0 Å². The SMILES string of the molecule is C[C@@H]1CN(C(=O)c2ccsc2NC(=O)c2ccco2)CC(C)(C)O1. The first kappa shape index (κ1) is 16.7. The highest BCUT2D eigenvalue weighted by atomic mass is 32.1. The minimum Gasteiger partial charge on any atom is -0.459 e. The molecule has 24 heavy (non-hydrogen) atoms. The van der Waals surface area contributed by atoms with Gasteiger partial charge in [0.15, 0.2) is 5.76 Å². The molecule has 1 N–H and O–H groups in total. The van der Waals surface area contributed by atoms with Crippen LogP contribution in [-0.2, 0) is 4.74 Å². The molecule has 0 radical (unpaired) electrons. The summed E-state index contributed by atoms with van der Waals surface area (Å²) in [6, 6.07) is 4.96. The van der Waals surface area contributed by atoms with E-state index in [0.29, 0.717) is 23.7 Å². The first-order chi connectivity index (χ1) is 11.4. The van der Waals surface area contributed by atoms with Gasteiger partial charge in [-0.25, -0.2) is 0 Å². The van der Waals surface area contributed by atoms with Crippen LogP contribution in [0.3, 0.4) is 0 Å². The van der Waals surface area contributed by atoms with Gasteiger partial charge in [-0.05, 0) is 44.4 Å². The second kappa shape index (κ2) is 6.41. The van der Waals surface area contributed by atoms with E-state index in [-0.39, 0.29) is 29.3 Å². The Balaban J connectivity index is 1.77. The fourth-order valence-electron chi connectivity index (χ4n) is 2.93. The normalized spacial score (nSPS) is 20.0. The number of anilines is 1. The lowest BCUT2D eigenvalue weighted by Crippen LogP contribution is -2.53. The smallest absolute Gasteiger partial charge is 0.291 e. The van der Waals surface area contributed by atoms with E-state index >= 15 is 0 Å². The summed E-state index contributed by atoms with van der Waals surface area (Å²) in [6.07, 6.45) is 1.41. The lowest BCUT2D eigenvalue weighted by molar-refractivity contribution is -0.118. The number of hydrogen-bond donors (Lipinski definition) is 1. The van der Waals surface area contributed by atoms with E-state index in [1.165, 1.54) is 17.6 Å². The van der Waals surface area contributed by atoms with Gasteiger partial charge in [-0.1, -0.05) is 0 Å². The first-order valence-electron chi connectivity index (χ1n) is 7.75. The van der Waals surface area contributed by atoms with Gasteiger partial charge in [0.05, 0.1) is 23.5 Å². The number of rotatable bonds is 3. The monoisotopic (exact) mass is 348 g/mol. The maximum atomic E-state index is 12.9. The average Bonchev–Trinajstić information content (AvgIpc) is 3.15. The minimum atomic E-state index is -0.388. The van der Waals surface area contributed by atoms with Crippen LogP contribution in [0.25, 0.3) is 0 Å². The van der Waals surface area contributed by atoms with Gasteiger partial charge < -0.3 is 19.4 Å². The zero-order valence-electron chi connectivity index (χ0n) is 13.9. The predicted octanol–water partition coefficient (Wildman–Crippen LogP) is 3.23. The molecule has 7 heteroatoms.